The second-order valence-electron chi connectivity index (χ2n) is 8.49. The summed E-state index contributed by atoms with van der Waals surface area (Å²) in [6, 6.07) is 11.3. The van der Waals surface area contributed by atoms with Crippen LogP contribution < -0.4 is 10.1 Å². The normalized spacial score (nSPS) is 20.3. The van der Waals surface area contributed by atoms with Crippen LogP contribution in [0.3, 0.4) is 0 Å². The lowest BCUT2D eigenvalue weighted by molar-refractivity contribution is 0.0877. The van der Waals surface area contributed by atoms with E-state index in [1.54, 1.807) is 35.2 Å². The van der Waals surface area contributed by atoms with Gasteiger partial charge in [-0.15, -0.1) is 0 Å². The number of phenols is 1. The van der Waals surface area contributed by atoms with Gasteiger partial charge in [-0.2, -0.15) is 4.98 Å². The number of carbonyl (C=O) groups excluding carboxylic acids is 1. The van der Waals surface area contributed by atoms with Gasteiger partial charge in [0, 0.05) is 22.9 Å². The third-order valence-corrected chi connectivity index (χ3v) is 6.52. The zero-order valence-corrected chi connectivity index (χ0v) is 20.1. The van der Waals surface area contributed by atoms with Crippen molar-refractivity contribution >= 4 is 23.2 Å². The zero-order valence-electron chi connectivity index (χ0n) is 19.3. The number of aromatic hydroxyl groups is 1. The van der Waals surface area contributed by atoms with Crippen molar-refractivity contribution < 1.29 is 23.9 Å². The maximum absolute atomic E-state index is 13.2. The van der Waals surface area contributed by atoms with Crippen LogP contribution >= 0.6 is 11.6 Å². The molecular formula is C25H25ClN4O5. The molecule has 2 unspecified atom stereocenters. The van der Waals surface area contributed by atoms with Gasteiger partial charge >= 0.3 is 6.03 Å². The van der Waals surface area contributed by atoms with Crippen LogP contribution in [0, 0.1) is 0 Å². The molecule has 1 saturated heterocycles. The number of methoxy groups -OCH3 is 1. The number of phenolic OH excluding ortho intramolecular Hbond substituents is 1. The first-order valence-electron chi connectivity index (χ1n) is 11.3. The van der Waals surface area contributed by atoms with Crippen molar-refractivity contribution in [3.8, 4) is 22.9 Å². The average molecular weight is 497 g/mol. The summed E-state index contributed by atoms with van der Waals surface area (Å²) in [4.78, 5) is 19.5. The van der Waals surface area contributed by atoms with E-state index in [-0.39, 0.29) is 23.8 Å². The van der Waals surface area contributed by atoms with Crippen molar-refractivity contribution in [1.82, 2.24) is 20.4 Å². The Balaban J connectivity index is 1.58. The maximum Gasteiger partial charge on any atom is 0.322 e. The van der Waals surface area contributed by atoms with Gasteiger partial charge in [-0.1, -0.05) is 35.0 Å². The maximum atomic E-state index is 13.2. The van der Waals surface area contributed by atoms with Gasteiger partial charge in [-0.25, -0.2) is 4.79 Å². The minimum absolute atomic E-state index is 0.0387. The summed E-state index contributed by atoms with van der Waals surface area (Å²) >= 11 is 6.14. The molecule has 0 saturated carbocycles. The smallest absolute Gasteiger partial charge is 0.322 e. The molecular weight excluding hydrogens is 472 g/mol. The number of allylic oxidation sites excluding steroid dienone is 1. The van der Waals surface area contributed by atoms with Crippen LogP contribution in [0.1, 0.15) is 37.3 Å². The number of nitrogens with zero attached hydrogens (tertiary/aromatic N) is 3. The van der Waals surface area contributed by atoms with E-state index < -0.39 is 6.04 Å². The standard InChI is InChI=1S/C25H25ClN4O5/c1-14-21(24-28-23(29-35-24)16-5-3-6-17(26)11-16)22(15-8-9-20(33-2)19(31)12-15)27-25(32)30(14)13-18-7-4-10-34-18/h3,5-6,8-9,11-12,18,22,31H,4,7,10,13H2,1-2H3,(H,27,32). The summed E-state index contributed by atoms with van der Waals surface area (Å²) in [5, 5.41) is 18.1. The fourth-order valence-corrected chi connectivity index (χ4v) is 4.67. The number of benzene rings is 2. The Morgan fingerprint density at radius 3 is 2.86 bits per heavy atom. The van der Waals surface area contributed by atoms with E-state index in [4.69, 9.17) is 25.6 Å². The van der Waals surface area contributed by atoms with Gasteiger partial charge in [0.2, 0.25) is 5.82 Å². The van der Waals surface area contributed by atoms with Gasteiger partial charge in [0.1, 0.15) is 0 Å². The molecule has 2 amide bonds. The quantitative estimate of drug-likeness (QED) is 0.505. The molecule has 10 heteroatoms. The zero-order chi connectivity index (χ0) is 24.5. The van der Waals surface area contributed by atoms with Gasteiger partial charge in [0.05, 0.1) is 31.4 Å². The number of urea groups is 1. The Morgan fingerprint density at radius 1 is 1.29 bits per heavy atom. The summed E-state index contributed by atoms with van der Waals surface area (Å²) < 4.78 is 16.6. The number of amides is 2. The lowest BCUT2D eigenvalue weighted by Crippen LogP contribution is -2.48. The second kappa shape index (κ2) is 9.59. The van der Waals surface area contributed by atoms with E-state index in [9.17, 15) is 9.90 Å². The first-order chi connectivity index (χ1) is 16.9. The monoisotopic (exact) mass is 496 g/mol. The molecule has 182 valence electrons. The van der Waals surface area contributed by atoms with Crippen molar-refractivity contribution in [3.05, 3.63) is 64.6 Å². The van der Waals surface area contributed by atoms with Crippen molar-refractivity contribution in [1.29, 1.82) is 0 Å². The molecule has 2 aromatic carbocycles. The third-order valence-electron chi connectivity index (χ3n) is 6.28. The number of hydrogen-bond donors (Lipinski definition) is 2. The molecule has 3 heterocycles. The summed E-state index contributed by atoms with van der Waals surface area (Å²) in [7, 11) is 1.48. The lowest BCUT2D eigenvalue weighted by atomic mass is 9.94. The van der Waals surface area contributed by atoms with Gasteiger partial charge in [0.15, 0.2) is 11.5 Å². The number of rotatable bonds is 6. The van der Waals surface area contributed by atoms with Crippen LogP contribution in [0.5, 0.6) is 11.5 Å². The average Bonchev–Trinajstić information content (AvgIpc) is 3.54. The van der Waals surface area contributed by atoms with Gasteiger partial charge in [0.25, 0.3) is 5.89 Å². The van der Waals surface area contributed by atoms with Gasteiger partial charge in [-0.05, 0) is 49.6 Å². The van der Waals surface area contributed by atoms with E-state index in [0.717, 1.165) is 12.8 Å². The molecule has 2 aliphatic heterocycles. The summed E-state index contributed by atoms with van der Waals surface area (Å²) in [6.45, 7) is 2.95. The fraction of sp³-hybridized carbons (Fsp3) is 0.320. The summed E-state index contributed by atoms with van der Waals surface area (Å²) in [6.07, 6.45) is 1.82. The van der Waals surface area contributed by atoms with E-state index in [1.807, 2.05) is 19.1 Å². The molecule has 2 N–H and O–H groups in total. The highest BCUT2D eigenvalue weighted by Gasteiger charge is 2.37. The molecule has 3 aromatic rings. The first-order valence-corrected chi connectivity index (χ1v) is 11.7. The van der Waals surface area contributed by atoms with Crippen LogP contribution in [0.4, 0.5) is 4.79 Å². The van der Waals surface area contributed by atoms with E-state index in [2.05, 4.69) is 15.5 Å². The van der Waals surface area contributed by atoms with E-state index in [0.29, 0.717) is 52.1 Å². The third kappa shape index (κ3) is 4.56. The number of aromatic nitrogens is 2. The van der Waals surface area contributed by atoms with Crippen molar-refractivity contribution in [2.45, 2.75) is 31.9 Å². The molecule has 0 radical (unpaired) electrons. The van der Waals surface area contributed by atoms with Crippen LogP contribution in [0.25, 0.3) is 17.0 Å². The number of hydrogen-bond acceptors (Lipinski definition) is 7. The summed E-state index contributed by atoms with van der Waals surface area (Å²) in [5.41, 5.74) is 2.66. The van der Waals surface area contributed by atoms with Crippen molar-refractivity contribution in [3.63, 3.8) is 0 Å². The number of ether oxygens (including phenoxy) is 2. The Labute approximate surface area is 207 Å². The highest BCUT2D eigenvalue weighted by Crippen LogP contribution is 2.40. The molecule has 0 bridgehead atoms. The van der Waals surface area contributed by atoms with Crippen LogP contribution in [-0.2, 0) is 4.74 Å². The molecule has 0 spiro atoms. The topological polar surface area (TPSA) is 110 Å². The molecule has 35 heavy (non-hydrogen) atoms. The Bertz CT molecular complexity index is 1280. The van der Waals surface area contributed by atoms with Gasteiger partial charge < -0.3 is 24.4 Å². The molecule has 1 fully saturated rings. The minimum atomic E-state index is -0.632. The Morgan fingerprint density at radius 2 is 2.14 bits per heavy atom. The fourth-order valence-electron chi connectivity index (χ4n) is 4.48. The first kappa shape index (κ1) is 23.2. The SMILES string of the molecule is COc1ccc(C2NC(=O)N(CC3CCCO3)C(C)=C2c2nc(-c3cccc(Cl)c3)no2)cc1O. The Kier molecular flexibility index (Phi) is 6.36. The molecule has 5 rings (SSSR count). The van der Waals surface area contributed by atoms with Gasteiger partial charge in [-0.3, -0.25) is 4.90 Å². The number of halogens is 1. The summed E-state index contributed by atoms with van der Waals surface area (Å²) in [5.74, 6) is 0.930. The van der Waals surface area contributed by atoms with E-state index >= 15 is 0 Å². The molecule has 1 aromatic heterocycles. The predicted octanol–water partition coefficient (Wildman–Crippen LogP) is 4.78. The largest absolute Gasteiger partial charge is 0.504 e. The van der Waals surface area contributed by atoms with E-state index in [1.165, 1.54) is 7.11 Å². The number of nitrogens with one attached hydrogen (secondary N) is 1. The molecule has 2 atom stereocenters. The highest BCUT2D eigenvalue weighted by atomic mass is 35.5. The van der Waals surface area contributed by atoms with Crippen LogP contribution in [0.15, 0.2) is 52.7 Å². The molecule has 9 nitrogen and oxygen atoms in total. The van der Waals surface area contributed by atoms with Crippen molar-refractivity contribution in [2.24, 2.45) is 0 Å². The minimum Gasteiger partial charge on any atom is -0.504 e. The Hall–Kier alpha value is -3.56. The van der Waals surface area contributed by atoms with Crippen molar-refractivity contribution in [2.75, 3.05) is 20.3 Å². The lowest BCUT2D eigenvalue weighted by Gasteiger charge is -2.36. The molecule has 0 aliphatic carbocycles. The highest BCUT2D eigenvalue weighted by molar-refractivity contribution is 6.30. The second-order valence-corrected chi connectivity index (χ2v) is 8.93. The van der Waals surface area contributed by atoms with Crippen LogP contribution in [-0.4, -0.2) is 52.5 Å². The predicted molar refractivity (Wildman–Crippen MR) is 129 cm³/mol. The molecule has 2 aliphatic rings. The number of carbonyl (C=O) groups is 1. The van der Waals surface area contributed by atoms with Crippen LogP contribution in [0.2, 0.25) is 5.02 Å².